The van der Waals surface area contributed by atoms with Gasteiger partial charge in [0.2, 0.25) is 0 Å². The molecule has 1 saturated carbocycles. The average Bonchev–Trinajstić information content (AvgIpc) is 2.88. The number of hydrogen-bond acceptors (Lipinski definition) is 3. The lowest BCUT2D eigenvalue weighted by Crippen LogP contribution is -2.00. The molecular formula is C12H16N4. The van der Waals surface area contributed by atoms with Gasteiger partial charge in [0.25, 0.3) is 0 Å². The summed E-state index contributed by atoms with van der Waals surface area (Å²) in [5.74, 6) is 1.35. The third kappa shape index (κ3) is 1.10. The van der Waals surface area contributed by atoms with Gasteiger partial charge in [-0.3, -0.25) is 0 Å². The van der Waals surface area contributed by atoms with Crippen LogP contribution in [0.5, 0.6) is 0 Å². The highest BCUT2D eigenvalue weighted by atomic mass is 15.1. The van der Waals surface area contributed by atoms with Crippen LogP contribution in [-0.2, 0) is 0 Å². The first kappa shape index (κ1) is 9.63. The Hall–Kier alpha value is -1.58. The van der Waals surface area contributed by atoms with Crippen LogP contribution in [0.4, 0.5) is 5.82 Å². The first-order chi connectivity index (χ1) is 7.61. The summed E-state index contributed by atoms with van der Waals surface area (Å²) in [4.78, 5) is 8.47. The average molecular weight is 216 g/mol. The van der Waals surface area contributed by atoms with Gasteiger partial charge in [0.1, 0.15) is 17.8 Å². The minimum atomic E-state index is 0.595. The van der Waals surface area contributed by atoms with E-state index in [1.54, 1.807) is 6.33 Å². The molecule has 0 amide bonds. The highest BCUT2D eigenvalue weighted by Crippen LogP contribution is 2.46. The smallest absolute Gasteiger partial charge is 0.146 e. The molecule has 2 atom stereocenters. The quantitative estimate of drug-likeness (QED) is 0.795. The Kier molecular flexibility index (Phi) is 1.79. The summed E-state index contributed by atoms with van der Waals surface area (Å²) in [6.45, 7) is 6.51. The molecule has 2 aromatic rings. The zero-order valence-electron chi connectivity index (χ0n) is 9.86. The standard InChI is InChI=1S/C12H16N4/c1-6-4-9(6)16-8(3)7(2)10-11(13)14-5-15-12(10)16/h5-6,9H,4H2,1-3H3,(H2,13,14,15). The Balaban J connectivity index is 2.36. The van der Waals surface area contributed by atoms with E-state index in [1.807, 2.05) is 0 Å². The van der Waals surface area contributed by atoms with Crippen LogP contribution in [0, 0.1) is 19.8 Å². The topological polar surface area (TPSA) is 56.7 Å². The lowest BCUT2D eigenvalue weighted by molar-refractivity contribution is 0.684. The largest absolute Gasteiger partial charge is 0.383 e. The van der Waals surface area contributed by atoms with Crippen LogP contribution in [-0.4, -0.2) is 14.5 Å². The molecule has 1 fully saturated rings. The molecule has 1 aliphatic rings. The van der Waals surface area contributed by atoms with Gasteiger partial charge in [0, 0.05) is 11.7 Å². The zero-order chi connectivity index (χ0) is 11.4. The molecule has 0 aliphatic heterocycles. The third-order valence-electron chi connectivity index (χ3n) is 3.76. The van der Waals surface area contributed by atoms with E-state index in [2.05, 4.69) is 35.3 Å². The summed E-state index contributed by atoms with van der Waals surface area (Å²) in [6.07, 6.45) is 2.80. The van der Waals surface area contributed by atoms with Crippen LogP contribution in [0.25, 0.3) is 11.0 Å². The summed E-state index contributed by atoms with van der Waals surface area (Å²) in [7, 11) is 0. The molecule has 16 heavy (non-hydrogen) atoms. The van der Waals surface area contributed by atoms with E-state index < -0.39 is 0 Å². The number of rotatable bonds is 1. The van der Waals surface area contributed by atoms with Crippen molar-refractivity contribution in [3.63, 3.8) is 0 Å². The number of nitrogen functional groups attached to an aromatic ring is 1. The fraction of sp³-hybridized carbons (Fsp3) is 0.500. The monoisotopic (exact) mass is 216 g/mol. The van der Waals surface area contributed by atoms with Crippen molar-refractivity contribution in [2.75, 3.05) is 5.73 Å². The van der Waals surface area contributed by atoms with Gasteiger partial charge in [-0.1, -0.05) is 6.92 Å². The molecule has 2 N–H and O–H groups in total. The number of nitrogens with zero attached hydrogens (tertiary/aromatic N) is 3. The van der Waals surface area contributed by atoms with Gasteiger partial charge >= 0.3 is 0 Å². The van der Waals surface area contributed by atoms with Gasteiger partial charge in [0.05, 0.1) is 5.39 Å². The number of hydrogen-bond donors (Lipinski definition) is 1. The molecule has 0 bridgehead atoms. The van der Waals surface area contributed by atoms with Crippen LogP contribution in [0.15, 0.2) is 6.33 Å². The molecule has 0 aromatic carbocycles. The summed E-state index contributed by atoms with van der Waals surface area (Å²) in [5, 5.41) is 1.03. The fourth-order valence-electron chi connectivity index (χ4n) is 2.52. The Morgan fingerprint density at radius 1 is 1.38 bits per heavy atom. The lowest BCUT2D eigenvalue weighted by atomic mass is 10.2. The van der Waals surface area contributed by atoms with Crippen molar-refractivity contribution in [2.45, 2.75) is 33.2 Å². The fourth-order valence-corrected chi connectivity index (χ4v) is 2.52. The molecule has 3 rings (SSSR count). The van der Waals surface area contributed by atoms with Gasteiger partial charge in [-0.25, -0.2) is 9.97 Å². The van der Waals surface area contributed by atoms with Crippen LogP contribution in [0.3, 0.4) is 0 Å². The molecule has 84 valence electrons. The van der Waals surface area contributed by atoms with Crippen LogP contribution < -0.4 is 5.73 Å². The predicted octanol–water partition coefficient (Wildman–Crippen LogP) is 2.21. The molecule has 0 radical (unpaired) electrons. The normalized spacial score (nSPS) is 23.9. The SMILES string of the molecule is Cc1c(C)n(C2CC2C)c2ncnc(N)c12. The highest BCUT2D eigenvalue weighted by molar-refractivity contribution is 5.90. The van der Waals surface area contributed by atoms with Crippen LogP contribution in [0.1, 0.15) is 30.6 Å². The lowest BCUT2D eigenvalue weighted by Gasteiger charge is -2.05. The van der Waals surface area contributed by atoms with Gasteiger partial charge in [-0.2, -0.15) is 0 Å². The number of nitrogens with two attached hydrogens (primary N) is 1. The van der Waals surface area contributed by atoms with E-state index in [0.29, 0.717) is 11.9 Å². The molecule has 2 aromatic heterocycles. The summed E-state index contributed by atoms with van der Waals surface area (Å²) >= 11 is 0. The molecule has 0 saturated heterocycles. The van der Waals surface area contributed by atoms with Gasteiger partial charge < -0.3 is 10.3 Å². The Morgan fingerprint density at radius 3 is 2.69 bits per heavy atom. The number of aromatic nitrogens is 3. The van der Waals surface area contributed by atoms with Crippen molar-refractivity contribution in [1.29, 1.82) is 0 Å². The molecule has 0 spiro atoms. The highest BCUT2D eigenvalue weighted by Gasteiger charge is 2.37. The van der Waals surface area contributed by atoms with Gasteiger partial charge in [-0.15, -0.1) is 0 Å². The molecule has 4 heteroatoms. The van der Waals surface area contributed by atoms with Crippen molar-refractivity contribution >= 4 is 16.9 Å². The van der Waals surface area contributed by atoms with Crippen LogP contribution in [0.2, 0.25) is 0 Å². The van der Waals surface area contributed by atoms with Crippen molar-refractivity contribution in [3.8, 4) is 0 Å². The first-order valence-corrected chi connectivity index (χ1v) is 5.68. The summed E-state index contributed by atoms with van der Waals surface area (Å²) in [5.41, 5.74) is 9.42. The molecular weight excluding hydrogens is 200 g/mol. The minimum absolute atomic E-state index is 0.595. The molecule has 4 nitrogen and oxygen atoms in total. The van der Waals surface area contributed by atoms with Crippen molar-refractivity contribution < 1.29 is 0 Å². The zero-order valence-corrected chi connectivity index (χ0v) is 9.86. The van der Waals surface area contributed by atoms with Gasteiger partial charge in [-0.05, 0) is 31.7 Å². The Morgan fingerprint density at radius 2 is 2.06 bits per heavy atom. The number of fused-ring (bicyclic) bond motifs is 1. The maximum atomic E-state index is 5.93. The Bertz CT molecular complexity index is 570. The van der Waals surface area contributed by atoms with Crippen LogP contribution >= 0.6 is 0 Å². The molecule has 2 unspecified atom stereocenters. The third-order valence-corrected chi connectivity index (χ3v) is 3.76. The number of anilines is 1. The van der Waals surface area contributed by atoms with Crippen molar-refractivity contribution in [3.05, 3.63) is 17.6 Å². The second kappa shape index (κ2) is 2.97. The summed E-state index contributed by atoms with van der Waals surface area (Å²) in [6, 6.07) is 0.602. The van der Waals surface area contributed by atoms with Crippen molar-refractivity contribution in [1.82, 2.24) is 14.5 Å². The second-order valence-corrected chi connectivity index (χ2v) is 4.82. The van der Waals surface area contributed by atoms with E-state index in [-0.39, 0.29) is 0 Å². The minimum Gasteiger partial charge on any atom is -0.383 e. The molecule has 2 heterocycles. The Labute approximate surface area is 94.5 Å². The second-order valence-electron chi connectivity index (χ2n) is 4.82. The summed E-state index contributed by atoms with van der Waals surface area (Å²) < 4.78 is 2.33. The molecule has 1 aliphatic carbocycles. The number of aryl methyl sites for hydroxylation is 1. The predicted molar refractivity (Wildman–Crippen MR) is 64.2 cm³/mol. The maximum absolute atomic E-state index is 5.93. The van der Waals surface area contributed by atoms with E-state index >= 15 is 0 Å². The van der Waals surface area contributed by atoms with Gasteiger partial charge in [0.15, 0.2) is 0 Å². The van der Waals surface area contributed by atoms with E-state index in [1.165, 1.54) is 17.7 Å². The van der Waals surface area contributed by atoms with E-state index in [4.69, 9.17) is 5.73 Å². The van der Waals surface area contributed by atoms with E-state index in [9.17, 15) is 0 Å². The van der Waals surface area contributed by atoms with Crippen molar-refractivity contribution in [2.24, 2.45) is 5.92 Å². The first-order valence-electron chi connectivity index (χ1n) is 5.68. The maximum Gasteiger partial charge on any atom is 0.146 e. The van der Waals surface area contributed by atoms with E-state index in [0.717, 1.165) is 17.0 Å².